The molecule has 16 heavy (non-hydrogen) atoms. The van der Waals surface area contributed by atoms with Gasteiger partial charge in [0.25, 0.3) is 5.91 Å². The lowest BCUT2D eigenvalue weighted by Gasteiger charge is -2.09. The first-order valence-corrected chi connectivity index (χ1v) is 4.59. The molecule has 0 aliphatic rings. The number of benzene rings is 1. The second-order valence-corrected chi connectivity index (χ2v) is 3.06. The molecule has 0 heterocycles. The van der Waals surface area contributed by atoms with Crippen molar-refractivity contribution in [1.29, 1.82) is 5.26 Å². The predicted octanol–water partition coefficient (Wildman–Crippen LogP) is 0.276. The molecule has 0 fully saturated rings. The Balaban J connectivity index is 2.62. The molecule has 82 valence electrons. The Kier molecular flexibility index (Phi) is 4.18. The number of nitriles is 1. The number of nitrogens with one attached hydrogen (secondary N) is 1. The van der Waals surface area contributed by atoms with Gasteiger partial charge in [-0.2, -0.15) is 5.26 Å². The van der Waals surface area contributed by atoms with Crippen molar-refractivity contribution in [2.75, 3.05) is 0 Å². The smallest absolute Gasteiger partial charge is 0.260 e. The van der Waals surface area contributed by atoms with E-state index in [0.29, 0.717) is 5.56 Å². The summed E-state index contributed by atoms with van der Waals surface area (Å²) < 4.78 is 0. The monoisotopic (exact) mass is 218 g/mol. The topological polar surface area (TPSA) is 90.2 Å². The zero-order valence-electron chi connectivity index (χ0n) is 8.38. The summed E-state index contributed by atoms with van der Waals surface area (Å²) in [7, 11) is 0. The molecule has 1 rings (SSSR count). The van der Waals surface area contributed by atoms with Gasteiger partial charge in [0.15, 0.2) is 6.10 Å². The molecule has 5 heteroatoms. The van der Waals surface area contributed by atoms with Crippen LogP contribution in [0.4, 0.5) is 0 Å². The van der Waals surface area contributed by atoms with Crippen LogP contribution in [0.5, 0.6) is 0 Å². The molecule has 1 atom stereocenters. The normalized spacial score (nSPS) is 11.2. The molecule has 1 aromatic rings. The Labute approximate surface area is 92.3 Å². The Hall–Kier alpha value is -2.19. The van der Waals surface area contributed by atoms with E-state index in [-0.39, 0.29) is 0 Å². The fourth-order valence-corrected chi connectivity index (χ4v) is 1.11. The minimum Gasteiger partial charge on any atom is -0.378 e. The van der Waals surface area contributed by atoms with Gasteiger partial charge in [-0.1, -0.05) is 30.3 Å². The van der Waals surface area contributed by atoms with E-state index >= 15 is 0 Å². The van der Waals surface area contributed by atoms with Gasteiger partial charge >= 0.3 is 0 Å². The van der Waals surface area contributed by atoms with Gasteiger partial charge in [0, 0.05) is 0 Å². The van der Waals surface area contributed by atoms with E-state index in [1.807, 2.05) is 5.32 Å². The number of hydrogen-bond donors (Lipinski definition) is 2. The first-order chi connectivity index (χ1) is 7.65. The van der Waals surface area contributed by atoms with Crippen molar-refractivity contribution in [3.8, 4) is 6.07 Å². The van der Waals surface area contributed by atoms with Crippen molar-refractivity contribution < 1.29 is 14.7 Å². The van der Waals surface area contributed by atoms with E-state index in [9.17, 15) is 14.7 Å². The molecule has 2 amide bonds. The van der Waals surface area contributed by atoms with Crippen LogP contribution in [0.3, 0.4) is 0 Å². The summed E-state index contributed by atoms with van der Waals surface area (Å²) in [6.45, 7) is 0. The number of aliphatic hydroxyl groups is 1. The van der Waals surface area contributed by atoms with Crippen molar-refractivity contribution in [2.24, 2.45) is 0 Å². The summed E-state index contributed by atoms with van der Waals surface area (Å²) in [5.74, 6) is -1.55. The third kappa shape index (κ3) is 3.19. The van der Waals surface area contributed by atoms with Gasteiger partial charge in [0.1, 0.15) is 6.42 Å². The standard InChI is InChI=1S/C11H10N2O3/c12-7-6-9(14)13-11(16)10(15)8-4-2-1-3-5-8/h1-5,10,15H,6H2,(H,13,14,16). The average Bonchev–Trinajstić information content (AvgIpc) is 2.29. The van der Waals surface area contributed by atoms with Gasteiger partial charge in [-0.05, 0) is 5.56 Å². The van der Waals surface area contributed by atoms with Crippen LogP contribution >= 0.6 is 0 Å². The Morgan fingerprint density at radius 3 is 2.56 bits per heavy atom. The molecule has 0 radical (unpaired) electrons. The van der Waals surface area contributed by atoms with Crippen molar-refractivity contribution in [2.45, 2.75) is 12.5 Å². The summed E-state index contributed by atoms with van der Waals surface area (Å²) >= 11 is 0. The summed E-state index contributed by atoms with van der Waals surface area (Å²) in [5.41, 5.74) is 0.393. The third-order valence-electron chi connectivity index (χ3n) is 1.87. The van der Waals surface area contributed by atoms with Crippen molar-refractivity contribution in [1.82, 2.24) is 5.32 Å². The maximum absolute atomic E-state index is 11.3. The Bertz CT molecular complexity index is 423. The fourth-order valence-electron chi connectivity index (χ4n) is 1.11. The number of carbonyl (C=O) groups is 2. The SMILES string of the molecule is N#CCC(=O)NC(=O)C(O)c1ccccc1. The molecule has 0 aliphatic heterocycles. The molecule has 1 unspecified atom stereocenters. The first kappa shape index (κ1) is 11.9. The molecule has 2 N–H and O–H groups in total. The summed E-state index contributed by atoms with van der Waals surface area (Å²) in [4.78, 5) is 22.3. The van der Waals surface area contributed by atoms with Gasteiger partial charge in [-0.3, -0.25) is 14.9 Å². The second-order valence-electron chi connectivity index (χ2n) is 3.06. The van der Waals surface area contributed by atoms with Crippen molar-refractivity contribution in [3.63, 3.8) is 0 Å². The van der Waals surface area contributed by atoms with Gasteiger partial charge in [-0.15, -0.1) is 0 Å². The van der Waals surface area contributed by atoms with E-state index in [1.54, 1.807) is 36.4 Å². The molecule has 5 nitrogen and oxygen atoms in total. The van der Waals surface area contributed by atoms with Crippen LogP contribution in [-0.4, -0.2) is 16.9 Å². The van der Waals surface area contributed by atoms with Crippen LogP contribution in [-0.2, 0) is 9.59 Å². The van der Waals surface area contributed by atoms with Gasteiger partial charge in [0.05, 0.1) is 6.07 Å². The number of aliphatic hydroxyl groups excluding tert-OH is 1. The van der Waals surface area contributed by atoms with Gasteiger partial charge in [0.2, 0.25) is 5.91 Å². The highest BCUT2D eigenvalue weighted by atomic mass is 16.3. The lowest BCUT2D eigenvalue weighted by Crippen LogP contribution is -2.34. The van der Waals surface area contributed by atoms with Crippen LogP contribution in [0.25, 0.3) is 0 Å². The van der Waals surface area contributed by atoms with E-state index in [4.69, 9.17) is 5.26 Å². The van der Waals surface area contributed by atoms with E-state index in [2.05, 4.69) is 0 Å². The highest BCUT2D eigenvalue weighted by Gasteiger charge is 2.18. The summed E-state index contributed by atoms with van der Waals surface area (Å²) in [6.07, 6.45) is -1.81. The summed E-state index contributed by atoms with van der Waals surface area (Å²) in [5, 5.41) is 19.7. The molecule has 0 aliphatic carbocycles. The molecule has 0 saturated heterocycles. The quantitative estimate of drug-likeness (QED) is 0.762. The maximum atomic E-state index is 11.3. The Morgan fingerprint density at radius 2 is 2.00 bits per heavy atom. The van der Waals surface area contributed by atoms with E-state index < -0.39 is 24.3 Å². The predicted molar refractivity (Wildman–Crippen MR) is 54.8 cm³/mol. The van der Waals surface area contributed by atoms with Crippen LogP contribution in [0, 0.1) is 11.3 Å². The van der Waals surface area contributed by atoms with E-state index in [1.165, 1.54) is 0 Å². The number of hydrogen-bond acceptors (Lipinski definition) is 4. The minimum atomic E-state index is -1.40. The molecular formula is C11H10N2O3. The lowest BCUT2D eigenvalue weighted by molar-refractivity contribution is -0.135. The number of carbonyl (C=O) groups excluding carboxylic acids is 2. The van der Waals surface area contributed by atoms with Crippen molar-refractivity contribution >= 4 is 11.8 Å². The maximum Gasteiger partial charge on any atom is 0.260 e. The zero-order chi connectivity index (χ0) is 12.0. The van der Waals surface area contributed by atoms with Crippen LogP contribution < -0.4 is 5.32 Å². The number of rotatable bonds is 3. The summed E-state index contributed by atoms with van der Waals surface area (Å²) in [6, 6.07) is 9.83. The van der Waals surface area contributed by atoms with Gasteiger partial charge < -0.3 is 5.11 Å². The van der Waals surface area contributed by atoms with Gasteiger partial charge in [-0.25, -0.2) is 0 Å². The number of amides is 2. The number of imide groups is 1. The molecule has 0 saturated carbocycles. The van der Waals surface area contributed by atoms with Crippen LogP contribution in [0.1, 0.15) is 18.1 Å². The molecular weight excluding hydrogens is 208 g/mol. The highest BCUT2D eigenvalue weighted by molar-refractivity contribution is 5.98. The average molecular weight is 218 g/mol. The lowest BCUT2D eigenvalue weighted by atomic mass is 10.1. The van der Waals surface area contributed by atoms with Crippen LogP contribution in [0.2, 0.25) is 0 Å². The Morgan fingerprint density at radius 1 is 1.38 bits per heavy atom. The third-order valence-corrected chi connectivity index (χ3v) is 1.87. The fraction of sp³-hybridized carbons (Fsp3) is 0.182. The highest BCUT2D eigenvalue weighted by Crippen LogP contribution is 2.11. The number of nitrogens with zero attached hydrogens (tertiary/aromatic N) is 1. The van der Waals surface area contributed by atoms with Crippen LogP contribution in [0.15, 0.2) is 30.3 Å². The van der Waals surface area contributed by atoms with Crippen molar-refractivity contribution in [3.05, 3.63) is 35.9 Å². The van der Waals surface area contributed by atoms with E-state index in [0.717, 1.165) is 0 Å². The zero-order valence-corrected chi connectivity index (χ0v) is 8.38. The molecule has 0 spiro atoms. The molecule has 1 aromatic carbocycles. The molecule has 0 aromatic heterocycles. The molecule has 0 bridgehead atoms. The first-order valence-electron chi connectivity index (χ1n) is 4.59. The second kappa shape index (κ2) is 5.63. The minimum absolute atomic E-state index is 0.393. The largest absolute Gasteiger partial charge is 0.378 e.